The van der Waals surface area contributed by atoms with E-state index in [-0.39, 0.29) is 31.2 Å². The van der Waals surface area contributed by atoms with Crippen LogP contribution in [0.3, 0.4) is 0 Å². The first-order valence-electron chi connectivity index (χ1n) is 6.11. The molecule has 0 spiro atoms. The Morgan fingerprint density at radius 3 is 2.62 bits per heavy atom. The first-order valence-corrected chi connectivity index (χ1v) is 6.11. The number of esters is 1. The van der Waals surface area contributed by atoms with Gasteiger partial charge in [0.15, 0.2) is 5.90 Å². The Balaban J connectivity index is 2.31. The number of aromatic carboxylic acids is 1. The maximum absolute atomic E-state index is 11.1. The van der Waals surface area contributed by atoms with Gasteiger partial charge in [-0.15, -0.1) is 0 Å². The molecule has 0 aliphatic heterocycles. The van der Waals surface area contributed by atoms with Gasteiger partial charge < -0.3 is 14.6 Å². The van der Waals surface area contributed by atoms with Crippen LogP contribution in [-0.4, -0.2) is 34.5 Å². The predicted octanol–water partition coefficient (Wildman–Crippen LogP) is 1.78. The summed E-state index contributed by atoms with van der Waals surface area (Å²) in [5.41, 5.74) is 0.885. The molecule has 0 bridgehead atoms. The zero-order chi connectivity index (χ0) is 15.8. The van der Waals surface area contributed by atoms with Crippen molar-refractivity contribution in [1.29, 1.82) is 5.41 Å². The Morgan fingerprint density at radius 2 is 2.10 bits per heavy atom. The van der Waals surface area contributed by atoms with Crippen molar-refractivity contribution in [2.24, 2.45) is 0 Å². The SMILES string of the molecule is C=C(C)C(=O)OCCC(=N)OCc1ccc(C(=O)O)nc1. The number of aromatic nitrogens is 1. The van der Waals surface area contributed by atoms with Crippen LogP contribution in [0.5, 0.6) is 0 Å². The third-order valence-electron chi connectivity index (χ3n) is 2.37. The van der Waals surface area contributed by atoms with Crippen molar-refractivity contribution in [3.8, 4) is 0 Å². The molecule has 0 radical (unpaired) electrons. The standard InChI is InChI=1S/C14H16N2O5/c1-9(2)14(19)20-6-5-12(15)21-8-10-3-4-11(13(17)18)16-7-10/h3-4,7,15H,1,5-6,8H2,2H3,(H,17,18). The molecule has 0 aliphatic rings. The minimum absolute atomic E-state index is 0.0353. The van der Waals surface area contributed by atoms with Gasteiger partial charge >= 0.3 is 11.9 Å². The van der Waals surface area contributed by atoms with Crippen LogP contribution in [0.25, 0.3) is 0 Å². The molecule has 2 N–H and O–H groups in total. The van der Waals surface area contributed by atoms with Crippen LogP contribution in [0.4, 0.5) is 0 Å². The molecule has 21 heavy (non-hydrogen) atoms. The molecule has 0 aromatic carbocycles. The fourth-order valence-corrected chi connectivity index (χ4v) is 1.24. The van der Waals surface area contributed by atoms with Gasteiger partial charge in [-0.1, -0.05) is 12.6 Å². The number of carbonyl (C=O) groups is 2. The summed E-state index contributed by atoms with van der Waals surface area (Å²) in [5.74, 6) is -1.64. The second-order valence-electron chi connectivity index (χ2n) is 4.23. The van der Waals surface area contributed by atoms with E-state index in [1.165, 1.54) is 19.2 Å². The monoisotopic (exact) mass is 292 g/mol. The van der Waals surface area contributed by atoms with E-state index in [4.69, 9.17) is 20.0 Å². The van der Waals surface area contributed by atoms with Crippen LogP contribution < -0.4 is 0 Å². The molecule has 0 saturated heterocycles. The van der Waals surface area contributed by atoms with E-state index in [1.54, 1.807) is 6.07 Å². The van der Waals surface area contributed by atoms with Gasteiger partial charge in [0, 0.05) is 17.3 Å². The Hall–Kier alpha value is -2.70. The molecule has 1 aromatic rings. The zero-order valence-electron chi connectivity index (χ0n) is 11.6. The second kappa shape index (κ2) is 7.78. The fourth-order valence-electron chi connectivity index (χ4n) is 1.24. The highest BCUT2D eigenvalue weighted by Gasteiger charge is 2.06. The minimum Gasteiger partial charge on any atom is -0.477 e. The predicted molar refractivity (Wildman–Crippen MR) is 74.1 cm³/mol. The number of nitrogens with zero attached hydrogens (tertiary/aromatic N) is 1. The summed E-state index contributed by atoms with van der Waals surface area (Å²) in [6.45, 7) is 5.12. The zero-order valence-corrected chi connectivity index (χ0v) is 11.6. The van der Waals surface area contributed by atoms with Crippen molar-refractivity contribution in [2.45, 2.75) is 20.0 Å². The molecule has 112 valence electrons. The van der Waals surface area contributed by atoms with E-state index in [0.717, 1.165) is 0 Å². The normalized spacial score (nSPS) is 9.76. The lowest BCUT2D eigenvalue weighted by molar-refractivity contribution is -0.138. The number of pyridine rings is 1. The molecule has 7 nitrogen and oxygen atoms in total. The van der Waals surface area contributed by atoms with Crippen LogP contribution in [0, 0.1) is 5.41 Å². The van der Waals surface area contributed by atoms with E-state index < -0.39 is 11.9 Å². The van der Waals surface area contributed by atoms with Crippen LogP contribution in [-0.2, 0) is 20.9 Å². The largest absolute Gasteiger partial charge is 0.477 e. The van der Waals surface area contributed by atoms with Crippen LogP contribution in [0.15, 0.2) is 30.5 Å². The molecule has 0 saturated carbocycles. The van der Waals surface area contributed by atoms with Crippen molar-refractivity contribution < 1.29 is 24.2 Å². The van der Waals surface area contributed by atoms with Crippen molar-refractivity contribution in [3.63, 3.8) is 0 Å². The first-order chi connectivity index (χ1) is 9.90. The number of nitrogens with one attached hydrogen (secondary N) is 1. The van der Waals surface area contributed by atoms with Gasteiger partial charge in [-0.3, -0.25) is 5.41 Å². The summed E-state index contributed by atoms with van der Waals surface area (Å²) in [6.07, 6.45) is 1.53. The molecule has 1 rings (SSSR count). The molecule has 0 fully saturated rings. The number of rotatable bonds is 7. The molecule has 0 unspecified atom stereocenters. The summed E-state index contributed by atoms with van der Waals surface area (Å²) in [7, 11) is 0. The average Bonchev–Trinajstić information content (AvgIpc) is 2.45. The average molecular weight is 292 g/mol. The van der Waals surface area contributed by atoms with E-state index in [0.29, 0.717) is 11.1 Å². The summed E-state index contributed by atoms with van der Waals surface area (Å²) in [5, 5.41) is 16.2. The summed E-state index contributed by atoms with van der Waals surface area (Å²) >= 11 is 0. The number of carboxylic acid groups (broad SMARTS) is 1. The highest BCUT2D eigenvalue weighted by atomic mass is 16.5. The first kappa shape index (κ1) is 16.4. The van der Waals surface area contributed by atoms with Gasteiger partial charge in [-0.25, -0.2) is 14.6 Å². The van der Waals surface area contributed by atoms with Crippen molar-refractivity contribution >= 4 is 17.8 Å². The van der Waals surface area contributed by atoms with E-state index in [1.807, 2.05) is 0 Å². The maximum Gasteiger partial charge on any atom is 0.354 e. The van der Waals surface area contributed by atoms with E-state index in [9.17, 15) is 9.59 Å². The third-order valence-corrected chi connectivity index (χ3v) is 2.37. The lowest BCUT2D eigenvalue weighted by Gasteiger charge is -2.08. The molecular formula is C14H16N2O5. The molecule has 0 amide bonds. The number of carbonyl (C=O) groups excluding carboxylic acids is 1. The lowest BCUT2D eigenvalue weighted by atomic mass is 10.2. The van der Waals surface area contributed by atoms with E-state index in [2.05, 4.69) is 11.6 Å². The molecular weight excluding hydrogens is 276 g/mol. The fraction of sp³-hybridized carbons (Fsp3) is 0.286. The van der Waals surface area contributed by atoms with Crippen molar-refractivity contribution in [1.82, 2.24) is 4.98 Å². The highest BCUT2D eigenvalue weighted by Crippen LogP contribution is 2.04. The quantitative estimate of drug-likeness (QED) is 0.343. The van der Waals surface area contributed by atoms with Gasteiger partial charge in [-0.2, -0.15) is 0 Å². The minimum atomic E-state index is -1.10. The molecule has 0 aliphatic carbocycles. The summed E-state index contributed by atoms with van der Waals surface area (Å²) in [4.78, 5) is 25.5. The molecule has 7 heteroatoms. The van der Waals surface area contributed by atoms with Gasteiger partial charge in [0.1, 0.15) is 18.9 Å². The smallest absolute Gasteiger partial charge is 0.354 e. The summed E-state index contributed by atoms with van der Waals surface area (Å²) in [6, 6.07) is 2.92. The second-order valence-corrected chi connectivity index (χ2v) is 4.23. The number of ether oxygens (including phenoxy) is 2. The van der Waals surface area contributed by atoms with Crippen LogP contribution >= 0.6 is 0 Å². The molecule has 1 heterocycles. The van der Waals surface area contributed by atoms with Gasteiger partial charge in [0.25, 0.3) is 0 Å². The van der Waals surface area contributed by atoms with Crippen molar-refractivity contribution in [3.05, 3.63) is 41.7 Å². The Kier molecular flexibility index (Phi) is 6.06. The van der Waals surface area contributed by atoms with Crippen molar-refractivity contribution in [2.75, 3.05) is 6.61 Å². The topological polar surface area (TPSA) is 110 Å². The maximum atomic E-state index is 11.1. The van der Waals surface area contributed by atoms with Gasteiger partial charge in [-0.05, 0) is 13.0 Å². The number of carboxylic acids is 1. The Bertz CT molecular complexity index is 551. The summed E-state index contributed by atoms with van der Waals surface area (Å²) < 4.78 is 9.98. The number of hydrogen-bond donors (Lipinski definition) is 2. The van der Waals surface area contributed by atoms with Gasteiger partial charge in [0.05, 0.1) is 6.42 Å². The Morgan fingerprint density at radius 1 is 1.38 bits per heavy atom. The molecule has 0 atom stereocenters. The van der Waals surface area contributed by atoms with E-state index >= 15 is 0 Å². The van der Waals surface area contributed by atoms with Gasteiger partial charge in [0.2, 0.25) is 0 Å². The van der Waals surface area contributed by atoms with Crippen LogP contribution in [0.1, 0.15) is 29.4 Å². The highest BCUT2D eigenvalue weighted by molar-refractivity contribution is 5.87. The third kappa shape index (κ3) is 5.85. The lowest BCUT2D eigenvalue weighted by Crippen LogP contribution is -2.12. The number of hydrogen-bond acceptors (Lipinski definition) is 6. The van der Waals surface area contributed by atoms with Crippen LogP contribution in [0.2, 0.25) is 0 Å². The Labute approximate surface area is 121 Å². The molecule has 1 aromatic heterocycles.